The number of carbonyl (C=O) groups excluding carboxylic acids is 1. The summed E-state index contributed by atoms with van der Waals surface area (Å²) in [4.78, 5) is 17.5. The third-order valence-corrected chi connectivity index (χ3v) is 8.54. The van der Waals surface area contributed by atoms with E-state index >= 15 is 0 Å². The molecule has 1 aromatic carbocycles. The average molecular weight is 567 g/mol. The number of hydrogen-bond acceptors (Lipinski definition) is 11. The molecule has 39 heavy (non-hydrogen) atoms. The highest BCUT2D eigenvalue weighted by molar-refractivity contribution is 7.13. The number of hydrogen-bond donors (Lipinski definition) is 6. The maximum Gasteiger partial charge on any atom is 0.239 e. The van der Waals surface area contributed by atoms with Gasteiger partial charge in [-0.1, -0.05) is 13.0 Å². The zero-order chi connectivity index (χ0) is 27.9. The lowest BCUT2D eigenvalue weighted by atomic mass is 9.74. The van der Waals surface area contributed by atoms with Crippen molar-refractivity contribution in [3.63, 3.8) is 0 Å². The van der Waals surface area contributed by atoms with Gasteiger partial charge in [0.15, 0.2) is 5.13 Å². The Morgan fingerprint density at radius 3 is 2.77 bits per heavy atom. The van der Waals surface area contributed by atoms with Crippen molar-refractivity contribution in [3.8, 4) is 0 Å². The number of nitrogens with one attached hydrogen (secondary N) is 3. The molecule has 5 rings (SSSR count). The Morgan fingerprint density at radius 1 is 1.26 bits per heavy atom. The largest absolute Gasteiger partial charge is 0.391 e. The number of nitrogens with zero attached hydrogens (tertiary/aromatic N) is 1. The smallest absolute Gasteiger partial charge is 0.239 e. The molecule has 2 saturated heterocycles. The van der Waals surface area contributed by atoms with Crippen LogP contribution in [-0.4, -0.2) is 87.9 Å². The number of halogens is 1. The van der Waals surface area contributed by atoms with Crippen molar-refractivity contribution in [1.82, 2.24) is 15.6 Å². The van der Waals surface area contributed by atoms with E-state index in [4.69, 9.17) is 14.2 Å². The van der Waals surface area contributed by atoms with Crippen LogP contribution < -0.4 is 16.0 Å². The molecule has 3 fully saturated rings. The summed E-state index contributed by atoms with van der Waals surface area (Å²) in [5, 5.41) is 44.6. The number of benzene rings is 1. The summed E-state index contributed by atoms with van der Waals surface area (Å²) in [5.74, 6) is -3.27. The van der Waals surface area contributed by atoms with E-state index in [1.165, 1.54) is 23.5 Å². The number of likely N-dealkylation sites (N-methyl/N-ethyl adjacent to an activating group) is 1. The Morgan fingerprint density at radius 2 is 2.05 bits per heavy atom. The van der Waals surface area contributed by atoms with Gasteiger partial charge in [0.1, 0.15) is 18.0 Å². The van der Waals surface area contributed by atoms with Crippen LogP contribution in [0.3, 0.4) is 0 Å². The van der Waals surface area contributed by atoms with E-state index < -0.39 is 60.4 Å². The molecule has 2 aromatic rings. The second-order valence-corrected chi connectivity index (χ2v) is 11.3. The van der Waals surface area contributed by atoms with Gasteiger partial charge in [-0.05, 0) is 45.0 Å². The maximum atomic E-state index is 13.5. The monoisotopic (exact) mass is 566 g/mol. The Bertz CT molecular complexity index is 1170. The fourth-order valence-electron chi connectivity index (χ4n) is 5.79. The Hall–Kier alpha value is -2.23. The van der Waals surface area contributed by atoms with Gasteiger partial charge in [0.05, 0.1) is 42.5 Å². The summed E-state index contributed by atoms with van der Waals surface area (Å²) >= 11 is 1.28. The number of carbonyl (C=O) groups is 1. The molecule has 1 aliphatic carbocycles. The maximum absolute atomic E-state index is 13.5. The first kappa shape index (κ1) is 28.3. The van der Waals surface area contributed by atoms with Gasteiger partial charge in [-0.15, -0.1) is 11.3 Å². The zero-order valence-electron chi connectivity index (χ0n) is 21.9. The molecule has 1 aromatic heterocycles. The molecule has 1 saturated carbocycles. The second kappa shape index (κ2) is 11.3. The molecule has 214 valence electrons. The van der Waals surface area contributed by atoms with Crippen LogP contribution in [0.4, 0.5) is 15.2 Å². The summed E-state index contributed by atoms with van der Waals surface area (Å²) < 4.78 is 31.6. The van der Waals surface area contributed by atoms with Crippen LogP contribution in [0, 0.1) is 11.7 Å². The van der Waals surface area contributed by atoms with Crippen molar-refractivity contribution in [3.05, 3.63) is 41.2 Å². The average Bonchev–Trinajstić information content (AvgIpc) is 3.31. The number of anilines is 2. The lowest BCUT2D eigenvalue weighted by Gasteiger charge is -2.58. The number of amides is 1. The minimum absolute atomic E-state index is 0.0600. The number of fused-ring (bicyclic) bond motifs is 2. The Labute approximate surface area is 229 Å². The fourth-order valence-corrected chi connectivity index (χ4v) is 6.52. The quantitative estimate of drug-likeness (QED) is 0.286. The first-order valence-electron chi connectivity index (χ1n) is 13.1. The van der Waals surface area contributed by atoms with Crippen molar-refractivity contribution in [2.45, 2.75) is 87.8 Å². The third kappa shape index (κ3) is 5.55. The summed E-state index contributed by atoms with van der Waals surface area (Å²) in [7, 11) is 1.67. The predicted octanol–water partition coefficient (Wildman–Crippen LogP) is 1.01. The highest BCUT2D eigenvalue weighted by Gasteiger charge is 2.63. The third-order valence-electron chi connectivity index (χ3n) is 7.74. The highest BCUT2D eigenvalue weighted by Crippen LogP contribution is 2.43. The predicted molar refractivity (Wildman–Crippen MR) is 140 cm³/mol. The van der Waals surface area contributed by atoms with Crippen LogP contribution in [0.25, 0.3) is 0 Å². The van der Waals surface area contributed by atoms with Gasteiger partial charge in [-0.2, -0.15) is 0 Å². The number of aliphatic hydroxyl groups is 3. The summed E-state index contributed by atoms with van der Waals surface area (Å²) in [6.07, 6.45) is -4.63. The van der Waals surface area contributed by atoms with E-state index in [0.717, 1.165) is 0 Å². The molecule has 6 N–H and O–H groups in total. The highest BCUT2D eigenvalue weighted by atomic mass is 32.1. The topological polar surface area (TPSA) is 154 Å². The lowest BCUT2D eigenvalue weighted by molar-refractivity contribution is -0.450. The first-order chi connectivity index (χ1) is 18.6. The molecule has 13 heteroatoms. The molecule has 1 amide bonds. The fraction of sp³-hybridized carbons (Fsp3) is 0.615. The normalized spacial score (nSPS) is 38.0. The van der Waals surface area contributed by atoms with Gasteiger partial charge >= 0.3 is 0 Å². The minimum atomic E-state index is -2.05. The Balaban J connectivity index is 1.28. The zero-order valence-corrected chi connectivity index (χ0v) is 22.7. The van der Waals surface area contributed by atoms with Crippen molar-refractivity contribution in [2.24, 2.45) is 5.92 Å². The van der Waals surface area contributed by atoms with Crippen molar-refractivity contribution in [2.75, 3.05) is 12.4 Å². The molecular formula is C26H35FN4O7S. The number of ether oxygens (including phenoxy) is 3. The molecule has 0 spiro atoms. The summed E-state index contributed by atoms with van der Waals surface area (Å²) in [5.41, 5.74) is 1.04. The van der Waals surface area contributed by atoms with E-state index in [1.807, 2.05) is 6.92 Å². The van der Waals surface area contributed by atoms with Gasteiger partial charge in [0, 0.05) is 17.0 Å². The first-order valence-corrected chi connectivity index (χ1v) is 14.0. The molecule has 0 bridgehead atoms. The number of aromatic nitrogens is 1. The van der Waals surface area contributed by atoms with Gasteiger partial charge < -0.3 is 45.5 Å². The van der Waals surface area contributed by atoms with Crippen LogP contribution in [0.1, 0.15) is 32.4 Å². The van der Waals surface area contributed by atoms with Gasteiger partial charge in [-0.3, -0.25) is 4.79 Å². The van der Waals surface area contributed by atoms with Crippen molar-refractivity contribution in [1.29, 1.82) is 0 Å². The van der Waals surface area contributed by atoms with Crippen molar-refractivity contribution >= 4 is 28.1 Å². The van der Waals surface area contributed by atoms with Gasteiger partial charge in [0.25, 0.3) is 0 Å². The summed E-state index contributed by atoms with van der Waals surface area (Å²) in [6, 6.07) is 4.48. The molecule has 11 nitrogen and oxygen atoms in total. The van der Waals surface area contributed by atoms with Crippen LogP contribution in [0.5, 0.6) is 0 Å². The number of rotatable bonds is 7. The molecule has 0 radical (unpaired) electrons. The van der Waals surface area contributed by atoms with Gasteiger partial charge in [-0.25, -0.2) is 9.37 Å². The summed E-state index contributed by atoms with van der Waals surface area (Å²) in [6.45, 7) is 3.67. The van der Waals surface area contributed by atoms with Crippen LogP contribution >= 0.6 is 11.3 Å². The second-order valence-electron chi connectivity index (χ2n) is 10.4. The molecule has 10 atom stereocenters. The molecular weight excluding hydrogens is 531 g/mol. The van der Waals surface area contributed by atoms with E-state index in [0.29, 0.717) is 22.9 Å². The molecule has 3 aliphatic rings. The van der Waals surface area contributed by atoms with Crippen LogP contribution in [0.15, 0.2) is 29.6 Å². The van der Waals surface area contributed by atoms with E-state index in [-0.39, 0.29) is 24.8 Å². The standard InChI is InChI=1S/C26H35FN4O7S/c1-4-16-20(33)19(28-3)22-23(21(16)34)37-24-26(35,38-22)17(8-12(2)36-24)31-18(32)10-15-11-39-25(30-15)29-14-7-5-6-13(27)9-14/h5-7,9,11-12,16-17,19-24,28,33-35H,4,8,10H2,1-3H3,(H,29,30)(H,31,32)/t12-,16-,17-,19+,20+,21-,22?,23?,24?,26+/m1/s1. The number of aliphatic hydroxyl groups excluding tert-OH is 2. The lowest BCUT2D eigenvalue weighted by Crippen LogP contribution is -2.77. The van der Waals surface area contributed by atoms with Crippen LogP contribution in [-0.2, 0) is 25.4 Å². The van der Waals surface area contributed by atoms with Crippen LogP contribution in [0.2, 0.25) is 0 Å². The SMILES string of the molecule is CC[C@@H]1[C@H](O)[C@H](NC)C2O[C@]3(O)C(OC2[C@@H]1O)O[C@H](C)C[C@H]3NC(=O)Cc1csc(Nc2cccc(F)c2)n1. The Kier molecular flexibility index (Phi) is 8.23. The minimum Gasteiger partial charge on any atom is -0.391 e. The molecule has 2 aliphatic heterocycles. The van der Waals surface area contributed by atoms with E-state index in [1.54, 1.807) is 31.5 Å². The van der Waals surface area contributed by atoms with Crippen molar-refractivity contribution < 1.29 is 38.7 Å². The molecule has 3 unspecified atom stereocenters. The van der Waals surface area contributed by atoms with E-state index in [9.17, 15) is 24.5 Å². The molecule has 3 heterocycles. The number of thiazole rings is 1. The van der Waals surface area contributed by atoms with Gasteiger partial charge in [0.2, 0.25) is 18.0 Å². The van der Waals surface area contributed by atoms with E-state index in [2.05, 4.69) is 20.9 Å².